The zero-order valence-corrected chi connectivity index (χ0v) is 15.2. The monoisotopic (exact) mass is 366 g/mol. The Labute approximate surface area is 163 Å². The number of hydrogen-bond donors (Lipinski definition) is 1. The molecule has 0 saturated heterocycles. The van der Waals surface area contributed by atoms with E-state index in [0.717, 1.165) is 32.9 Å². The van der Waals surface area contributed by atoms with Crippen LogP contribution in [0.3, 0.4) is 0 Å². The quantitative estimate of drug-likeness (QED) is 0.431. The fraction of sp³-hybridized carbons (Fsp3) is 0.0870. The summed E-state index contributed by atoms with van der Waals surface area (Å²) in [6.07, 6.45) is 4.53. The van der Waals surface area contributed by atoms with Crippen LogP contribution in [0.5, 0.6) is 0 Å². The van der Waals surface area contributed by atoms with Gasteiger partial charge in [-0.1, -0.05) is 42.5 Å². The summed E-state index contributed by atoms with van der Waals surface area (Å²) < 4.78 is 0.908. The lowest BCUT2D eigenvalue weighted by atomic mass is 10.1. The molecule has 0 amide bonds. The highest BCUT2D eigenvalue weighted by atomic mass is 16.5. The molecule has 4 aromatic rings. The van der Waals surface area contributed by atoms with Crippen LogP contribution in [0.4, 0.5) is 0 Å². The van der Waals surface area contributed by atoms with Gasteiger partial charge in [0, 0.05) is 29.9 Å². The van der Waals surface area contributed by atoms with Crippen LogP contribution in [-0.2, 0) is 12.8 Å². The summed E-state index contributed by atoms with van der Waals surface area (Å²) in [6.45, 7) is 0. The molecule has 0 unspecified atom stereocenters. The van der Waals surface area contributed by atoms with Crippen LogP contribution in [0.15, 0.2) is 79.1 Å². The summed E-state index contributed by atoms with van der Waals surface area (Å²) in [5.41, 5.74) is 5.26. The van der Waals surface area contributed by atoms with Crippen molar-refractivity contribution in [3.8, 4) is 17.2 Å². The predicted octanol–water partition coefficient (Wildman–Crippen LogP) is 3.76. The first kappa shape index (κ1) is 17.5. The number of nitrogens with zero attached hydrogens (tertiary/aromatic N) is 3. The Balaban J connectivity index is 1.47. The number of H-pyrrole nitrogens is 1. The van der Waals surface area contributed by atoms with E-state index >= 15 is 0 Å². The lowest BCUT2D eigenvalue weighted by Crippen LogP contribution is -2.31. The number of aromatic nitrogens is 3. The zero-order chi connectivity index (χ0) is 19.3. The van der Waals surface area contributed by atoms with E-state index in [-0.39, 0.29) is 0 Å². The van der Waals surface area contributed by atoms with E-state index in [1.54, 1.807) is 24.5 Å². The first-order valence-electron chi connectivity index (χ1n) is 9.00. The number of imidazole rings is 1. The summed E-state index contributed by atoms with van der Waals surface area (Å²) in [6, 6.07) is 23.2. The van der Waals surface area contributed by atoms with E-state index in [9.17, 15) is 5.21 Å². The molecular formula is C23H18N4O. The van der Waals surface area contributed by atoms with Crippen LogP contribution < -0.4 is 4.73 Å². The summed E-state index contributed by atoms with van der Waals surface area (Å²) in [5.74, 6) is 0.751. The Morgan fingerprint density at radius 1 is 0.929 bits per heavy atom. The molecule has 0 bridgehead atoms. The summed E-state index contributed by atoms with van der Waals surface area (Å²) in [7, 11) is 0. The third kappa shape index (κ3) is 3.92. The first-order valence-corrected chi connectivity index (χ1v) is 9.00. The van der Waals surface area contributed by atoms with Crippen molar-refractivity contribution in [3.05, 3.63) is 113 Å². The van der Waals surface area contributed by atoms with E-state index < -0.39 is 0 Å². The highest BCUT2D eigenvalue weighted by Crippen LogP contribution is 2.18. The van der Waals surface area contributed by atoms with Crippen molar-refractivity contribution in [1.29, 1.82) is 5.26 Å². The average Bonchev–Trinajstić information content (AvgIpc) is 3.17. The molecule has 0 radical (unpaired) electrons. The predicted molar refractivity (Wildman–Crippen MR) is 106 cm³/mol. The van der Waals surface area contributed by atoms with Crippen molar-refractivity contribution >= 4 is 0 Å². The average molecular weight is 366 g/mol. The van der Waals surface area contributed by atoms with Gasteiger partial charge in [0.05, 0.1) is 18.1 Å². The topological polar surface area (TPSA) is 79.4 Å². The van der Waals surface area contributed by atoms with Gasteiger partial charge in [-0.3, -0.25) is 0 Å². The zero-order valence-electron chi connectivity index (χ0n) is 15.2. The van der Waals surface area contributed by atoms with E-state index in [1.807, 2.05) is 54.6 Å². The van der Waals surface area contributed by atoms with Gasteiger partial charge in [-0.15, -0.1) is 0 Å². The van der Waals surface area contributed by atoms with Crippen LogP contribution in [-0.4, -0.2) is 9.97 Å². The third-order valence-corrected chi connectivity index (χ3v) is 4.61. The van der Waals surface area contributed by atoms with Gasteiger partial charge in [-0.05, 0) is 29.3 Å². The number of nitrogens with one attached hydrogen (secondary N) is 1. The highest BCUT2D eigenvalue weighted by molar-refractivity contribution is 5.61. The Hall–Kier alpha value is -3.91. The lowest BCUT2D eigenvalue weighted by Gasteiger charge is -2.06. The molecule has 2 aromatic heterocycles. The van der Waals surface area contributed by atoms with Crippen LogP contribution in [0.2, 0.25) is 0 Å². The molecule has 0 atom stereocenters. The molecule has 0 saturated carbocycles. The number of rotatable bonds is 5. The minimum atomic E-state index is 0.436. The first-order chi connectivity index (χ1) is 13.7. The second-order valence-electron chi connectivity index (χ2n) is 6.62. The minimum absolute atomic E-state index is 0.436. The molecule has 1 N–H and O–H groups in total. The van der Waals surface area contributed by atoms with Gasteiger partial charge in [0.1, 0.15) is 5.82 Å². The molecule has 2 heterocycles. The Bertz CT molecular complexity index is 1130. The van der Waals surface area contributed by atoms with Crippen LogP contribution in [0.25, 0.3) is 11.1 Å². The summed E-state index contributed by atoms with van der Waals surface area (Å²) in [4.78, 5) is 7.69. The van der Waals surface area contributed by atoms with Crippen LogP contribution in [0, 0.1) is 16.5 Å². The largest absolute Gasteiger partial charge is 0.618 e. The molecular weight excluding hydrogens is 348 g/mol. The molecule has 0 fully saturated rings. The smallest absolute Gasteiger partial charge is 0.200 e. The van der Waals surface area contributed by atoms with Crippen molar-refractivity contribution in [2.75, 3.05) is 0 Å². The van der Waals surface area contributed by atoms with Gasteiger partial charge >= 0.3 is 0 Å². The van der Waals surface area contributed by atoms with Crippen molar-refractivity contribution in [2.24, 2.45) is 0 Å². The minimum Gasteiger partial charge on any atom is -0.618 e. The fourth-order valence-corrected chi connectivity index (χ4v) is 3.12. The van der Waals surface area contributed by atoms with E-state index in [1.165, 1.54) is 0 Å². The molecule has 0 aliphatic carbocycles. The van der Waals surface area contributed by atoms with Gasteiger partial charge in [-0.25, -0.2) is 4.98 Å². The second-order valence-corrected chi connectivity index (χ2v) is 6.62. The number of pyridine rings is 1. The third-order valence-electron chi connectivity index (χ3n) is 4.61. The Morgan fingerprint density at radius 3 is 2.43 bits per heavy atom. The number of aromatic amines is 1. The molecule has 0 aliphatic rings. The standard InChI is InChI=1S/C23H18N4O/c24-14-18-8-6-17(7-9-18)12-21-15-25-23(26-21)13-22-11-10-20(16-27(22)28)19-4-2-1-3-5-19/h1-11,15-16H,12-13H2,(H,25,26). The van der Waals surface area contributed by atoms with E-state index in [2.05, 4.69) is 16.0 Å². The van der Waals surface area contributed by atoms with Gasteiger partial charge in [0.25, 0.3) is 0 Å². The van der Waals surface area contributed by atoms with Gasteiger partial charge in [0.15, 0.2) is 11.9 Å². The lowest BCUT2D eigenvalue weighted by molar-refractivity contribution is -0.613. The number of nitriles is 1. The highest BCUT2D eigenvalue weighted by Gasteiger charge is 2.11. The van der Waals surface area contributed by atoms with Crippen molar-refractivity contribution in [3.63, 3.8) is 0 Å². The molecule has 5 nitrogen and oxygen atoms in total. The van der Waals surface area contributed by atoms with Crippen LogP contribution in [0.1, 0.15) is 28.3 Å². The van der Waals surface area contributed by atoms with Gasteiger partial charge < -0.3 is 10.2 Å². The van der Waals surface area contributed by atoms with Crippen molar-refractivity contribution in [2.45, 2.75) is 12.8 Å². The molecule has 4 rings (SSSR count). The molecule has 5 heteroatoms. The van der Waals surface area contributed by atoms with Gasteiger partial charge in [-0.2, -0.15) is 9.99 Å². The SMILES string of the molecule is N#Cc1ccc(Cc2cnc(Cc3ccc(-c4ccccc4)c[n+]3[O-])[nH]2)cc1. The molecule has 0 spiro atoms. The normalized spacial score (nSPS) is 10.5. The maximum absolute atomic E-state index is 12.4. The molecule has 28 heavy (non-hydrogen) atoms. The summed E-state index contributed by atoms with van der Waals surface area (Å²) in [5, 5.41) is 21.3. The van der Waals surface area contributed by atoms with Crippen molar-refractivity contribution in [1.82, 2.24) is 9.97 Å². The van der Waals surface area contributed by atoms with E-state index in [0.29, 0.717) is 24.1 Å². The molecule has 2 aromatic carbocycles. The number of benzene rings is 2. The maximum Gasteiger partial charge on any atom is 0.200 e. The second kappa shape index (κ2) is 7.77. The Morgan fingerprint density at radius 2 is 1.71 bits per heavy atom. The van der Waals surface area contributed by atoms with Gasteiger partial charge in [0.2, 0.25) is 0 Å². The fourth-order valence-electron chi connectivity index (χ4n) is 3.12. The van der Waals surface area contributed by atoms with Crippen molar-refractivity contribution < 1.29 is 4.73 Å². The maximum atomic E-state index is 12.4. The molecule has 136 valence electrons. The number of hydrogen-bond acceptors (Lipinski definition) is 3. The van der Waals surface area contributed by atoms with E-state index in [4.69, 9.17) is 5.26 Å². The van der Waals surface area contributed by atoms with Crippen LogP contribution >= 0.6 is 0 Å². The molecule has 0 aliphatic heterocycles. The Kier molecular flexibility index (Phi) is 4.85. The summed E-state index contributed by atoms with van der Waals surface area (Å²) >= 11 is 0.